The Bertz CT molecular complexity index is 474. The van der Waals surface area contributed by atoms with Gasteiger partial charge >= 0.3 is 0 Å². The van der Waals surface area contributed by atoms with Gasteiger partial charge in [0.15, 0.2) is 0 Å². The maximum Gasteiger partial charge on any atom is 0.115 e. The molecule has 0 aliphatic carbocycles. The molecule has 2 aromatic rings. The minimum absolute atomic E-state index is 0.271. The number of benzene rings is 1. The van der Waals surface area contributed by atoms with E-state index >= 15 is 0 Å². The number of nitrogens with zero attached hydrogens (tertiary/aromatic N) is 2. The third-order valence-corrected chi connectivity index (χ3v) is 2.46. The molecular formula is C12H15N3O. The van der Waals surface area contributed by atoms with E-state index in [1.165, 1.54) is 0 Å². The summed E-state index contributed by atoms with van der Waals surface area (Å²) in [7, 11) is 1.89. The molecule has 1 heterocycles. The van der Waals surface area contributed by atoms with Gasteiger partial charge in [0.1, 0.15) is 5.75 Å². The molecule has 4 nitrogen and oxygen atoms in total. The molecule has 0 fully saturated rings. The van der Waals surface area contributed by atoms with Crippen LogP contribution in [0.15, 0.2) is 30.5 Å². The molecule has 0 atom stereocenters. The molecule has 0 unspecified atom stereocenters. The molecule has 0 saturated carbocycles. The van der Waals surface area contributed by atoms with E-state index in [1.807, 2.05) is 25.4 Å². The lowest BCUT2D eigenvalue weighted by Crippen LogP contribution is -2.04. The van der Waals surface area contributed by atoms with Crippen LogP contribution in [0.2, 0.25) is 0 Å². The molecule has 4 heteroatoms. The number of hydrogen-bond donors (Lipinski definition) is 2. The van der Waals surface area contributed by atoms with Gasteiger partial charge in [0.2, 0.25) is 0 Å². The topological polar surface area (TPSA) is 64.1 Å². The van der Waals surface area contributed by atoms with Gasteiger partial charge in [-0.15, -0.1) is 0 Å². The van der Waals surface area contributed by atoms with Crippen molar-refractivity contribution < 1.29 is 5.11 Å². The Hall–Kier alpha value is -1.81. The van der Waals surface area contributed by atoms with Gasteiger partial charge in [-0.1, -0.05) is 12.1 Å². The number of aryl methyl sites for hydroxylation is 1. The fourth-order valence-electron chi connectivity index (χ4n) is 1.74. The van der Waals surface area contributed by atoms with E-state index in [4.69, 9.17) is 5.73 Å². The molecule has 0 radical (unpaired) electrons. The van der Waals surface area contributed by atoms with Crippen molar-refractivity contribution in [1.29, 1.82) is 0 Å². The number of aromatic hydroxyl groups is 1. The highest BCUT2D eigenvalue weighted by atomic mass is 16.3. The Morgan fingerprint density at radius 2 is 2.00 bits per heavy atom. The van der Waals surface area contributed by atoms with Crippen LogP contribution in [-0.4, -0.2) is 21.4 Å². The maximum absolute atomic E-state index is 9.24. The van der Waals surface area contributed by atoms with Gasteiger partial charge in [-0.25, -0.2) is 0 Å². The van der Waals surface area contributed by atoms with Crippen LogP contribution in [0.5, 0.6) is 5.75 Å². The molecule has 0 spiro atoms. The van der Waals surface area contributed by atoms with E-state index in [-0.39, 0.29) is 5.75 Å². The fraction of sp³-hybridized carbons (Fsp3) is 0.250. The van der Waals surface area contributed by atoms with Crippen molar-refractivity contribution in [2.24, 2.45) is 12.8 Å². The maximum atomic E-state index is 9.24. The largest absolute Gasteiger partial charge is 0.508 e. The average molecular weight is 217 g/mol. The zero-order chi connectivity index (χ0) is 11.5. The minimum atomic E-state index is 0.271. The second-order valence-electron chi connectivity index (χ2n) is 3.75. The third-order valence-electron chi connectivity index (χ3n) is 2.46. The lowest BCUT2D eigenvalue weighted by Gasteiger charge is -2.01. The van der Waals surface area contributed by atoms with Gasteiger partial charge in [-0.2, -0.15) is 5.10 Å². The molecule has 0 amide bonds. The van der Waals surface area contributed by atoms with Crippen LogP contribution in [0, 0.1) is 0 Å². The van der Waals surface area contributed by atoms with Gasteiger partial charge in [-0.3, -0.25) is 4.68 Å². The lowest BCUT2D eigenvalue weighted by atomic mass is 10.1. The van der Waals surface area contributed by atoms with Crippen LogP contribution in [0.3, 0.4) is 0 Å². The Morgan fingerprint density at radius 3 is 2.62 bits per heavy atom. The summed E-state index contributed by atoms with van der Waals surface area (Å²) >= 11 is 0. The third kappa shape index (κ3) is 2.06. The van der Waals surface area contributed by atoms with Crippen molar-refractivity contribution in [3.8, 4) is 16.9 Å². The monoisotopic (exact) mass is 217 g/mol. The van der Waals surface area contributed by atoms with E-state index in [0.29, 0.717) is 6.54 Å². The number of rotatable bonds is 3. The van der Waals surface area contributed by atoms with Crippen LogP contribution in [0.25, 0.3) is 11.1 Å². The molecule has 1 aromatic carbocycles. The van der Waals surface area contributed by atoms with Crippen LogP contribution >= 0.6 is 0 Å². The molecule has 3 N–H and O–H groups in total. The van der Waals surface area contributed by atoms with Crippen molar-refractivity contribution in [2.45, 2.75) is 6.42 Å². The Labute approximate surface area is 94.3 Å². The summed E-state index contributed by atoms with van der Waals surface area (Å²) in [5.74, 6) is 0.271. The van der Waals surface area contributed by atoms with Gasteiger partial charge < -0.3 is 10.8 Å². The van der Waals surface area contributed by atoms with Gasteiger partial charge in [0.05, 0.1) is 5.69 Å². The first kappa shape index (κ1) is 10.7. The smallest absolute Gasteiger partial charge is 0.115 e. The fourth-order valence-corrected chi connectivity index (χ4v) is 1.74. The number of phenols is 1. The summed E-state index contributed by atoms with van der Waals surface area (Å²) in [6, 6.07) is 7.11. The summed E-state index contributed by atoms with van der Waals surface area (Å²) < 4.78 is 1.78. The van der Waals surface area contributed by atoms with Gasteiger partial charge in [0.25, 0.3) is 0 Å². The van der Waals surface area contributed by atoms with E-state index < -0.39 is 0 Å². The SMILES string of the molecule is Cn1cc(-c2ccc(O)cc2)c(CCN)n1. The highest BCUT2D eigenvalue weighted by molar-refractivity contribution is 5.66. The Kier molecular flexibility index (Phi) is 2.92. The molecular weight excluding hydrogens is 202 g/mol. The predicted octanol–water partition coefficient (Wildman–Crippen LogP) is 1.29. The molecule has 2 rings (SSSR count). The van der Waals surface area contributed by atoms with Crippen LogP contribution in [-0.2, 0) is 13.5 Å². The normalized spacial score (nSPS) is 10.6. The van der Waals surface area contributed by atoms with Crippen LogP contribution < -0.4 is 5.73 Å². The average Bonchev–Trinajstić information content (AvgIpc) is 2.61. The highest BCUT2D eigenvalue weighted by Gasteiger charge is 2.08. The lowest BCUT2D eigenvalue weighted by molar-refractivity contribution is 0.475. The first-order chi connectivity index (χ1) is 7.70. The molecule has 84 valence electrons. The standard InChI is InChI=1S/C12H15N3O/c1-15-8-11(12(14-15)6-7-13)9-2-4-10(16)5-3-9/h2-5,8,16H,6-7,13H2,1H3. The first-order valence-corrected chi connectivity index (χ1v) is 5.22. The summed E-state index contributed by atoms with van der Waals surface area (Å²) in [6.45, 7) is 0.585. The van der Waals surface area contributed by atoms with Crippen molar-refractivity contribution in [3.05, 3.63) is 36.2 Å². The number of hydrogen-bond acceptors (Lipinski definition) is 3. The number of aromatic nitrogens is 2. The second kappa shape index (κ2) is 4.37. The van der Waals surface area contributed by atoms with E-state index in [2.05, 4.69) is 5.10 Å². The zero-order valence-corrected chi connectivity index (χ0v) is 9.22. The van der Waals surface area contributed by atoms with Crippen molar-refractivity contribution in [2.75, 3.05) is 6.54 Å². The quantitative estimate of drug-likeness (QED) is 0.814. The summed E-state index contributed by atoms with van der Waals surface area (Å²) in [5, 5.41) is 13.6. The number of nitrogens with two attached hydrogens (primary N) is 1. The van der Waals surface area contributed by atoms with E-state index in [1.54, 1.807) is 16.8 Å². The summed E-state index contributed by atoms with van der Waals surface area (Å²) in [5.41, 5.74) is 8.67. The van der Waals surface area contributed by atoms with Gasteiger partial charge in [0, 0.05) is 25.2 Å². The van der Waals surface area contributed by atoms with E-state index in [9.17, 15) is 5.11 Å². The molecule has 0 saturated heterocycles. The number of phenolic OH excluding ortho intramolecular Hbond substituents is 1. The van der Waals surface area contributed by atoms with Crippen LogP contribution in [0.4, 0.5) is 0 Å². The van der Waals surface area contributed by atoms with Crippen molar-refractivity contribution >= 4 is 0 Å². The molecule has 1 aromatic heterocycles. The summed E-state index contributed by atoms with van der Waals surface area (Å²) in [6.07, 6.45) is 2.73. The molecule has 0 bridgehead atoms. The first-order valence-electron chi connectivity index (χ1n) is 5.22. The van der Waals surface area contributed by atoms with Crippen LogP contribution in [0.1, 0.15) is 5.69 Å². The zero-order valence-electron chi connectivity index (χ0n) is 9.22. The van der Waals surface area contributed by atoms with E-state index in [0.717, 1.165) is 23.2 Å². The van der Waals surface area contributed by atoms with Crippen molar-refractivity contribution in [3.63, 3.8) is 0 Å². The minimum Gasteiger partial charge on any atom is -0.508 e. The van der Waals surface area contributed by atoms with Crippen molar-refractivity contribution in [1.82, 2.24) is 9.78 Å². The summed E-state index contributed by atoms with van der Waals surface area (Å²) in [4.78, 5) is 0. The highest BCUT2D eigenvalue weighted by Crippen LogP contribution is 2.24. The molecule has 0 aliphatic heterocycles. The van der Waals surface area contributed by atoms with Gasteiger partial charge in [-0.05, 0) is 24.2 Å². The second-order valence-corrected chi connectivity index (χ2v) is 3.75. The predicted molar refractivity (Wildman–Crippen MR) is 63.1 cm³/mol. The Morgan fingerprint density at radius 1 is 1.31 bits per heavy atom. The molecule has 0 aliphatic rings. The molecule has 16 heavy (non-hydrogen) atoms. The Balaban J connectivity index is 2.42.